The zero-order valence-corrected chi connectivity index (χ0v) is 35.8. The third-order valence-electron chi connectivity index (χ3n) is 12.0. The standard InChI is InChI=1S/C45H51ClN8O5S/c1-45(2)18-15-31(37(27-45)30-7-9-32(46)10-8-30)28-52-21-23-53(24-22-52)34-11-13-36(42(25-34)59-41-6-4-5-39-43(41)48-29-47-39)44(55)50-60(58)35-12-14-38(40(26-35)54(56)57)49-33-16-19-51(3)20-17-33/h4-14,25-26,29,33,49H,15-24,27-28H2,1-3H3,(H,47,48)(H,50,55). The highest BCUT2D eigenvalue weighted by Crippen LogP contribution is 2.43. The number of imidazole rings is 1. The van der Waals surface area contributed by atoms with Gasteiger partial charge in [-0.25, -0.2) is 9.19 Å². The second kappa shape index (κ2) is 17.7. The highest BCUT2D eigenvalue weighted by Gasteiger charge is 2.30. The number of aromatic nitrogens is 2. The van der Waals surface area contributed by atoms with Gasteiger partial charge in [-0.2, -0.15) is 0 Å². The molecule has 2 saturated heterocycles. The molecule has 4 aromatic carbocycles. The summed E-state index contributed by atoms with van der Waals surface area (Å²) in [7, 11) is -0.0521. The average molecular weight is 851 g/mol. The van der Waals surface area contributed by atoms with Gasteiger partial charge < -0.3 is 24.8 Å². The van der Waals surface area contributed by atoms with Crippen molar-refractivity contribution in [2.45, 2.75) is 56.9 Å². The highest BCUT2D eigenvalue weighted by molar-refractivity contribution is 7.83. The van der Waals surface area contributed by atoms with E-state index in [1.165, 1.54) is 22.8 Å². The minimum absolute atomic E-state index is 0.0922. The number of halogens is 1. The molecule has 8 rings (SSSR count). The van der Waals surface area contributed by atoms with Crippen LogP contribution < -0.4 is 19.7 Å². The fraction of sp³-hybridized carbons (Fsp3) is 0.378. The third-order valence-corrected chi connectivity index (χ3v) is 13.3. The number of ether oxygens (including phenoxy) is 1. The van der Waals surface area contributed by atoms with E-state index in [1.807, 2.05) is 36.4 Å². The number of H-pyrrole nitrogens is 1. The predicted molar refractivity (Wildman–Crippen MR) is 238 cm³/mol. The Morgan fingerprint density at radius 3 is 2.52 bits per heavy atom. The first kappa shape index (κ1) is 41.5. The SMILES string of the molecule is CN1CCC(Nc2ccc(S(=O)NC(=O)c3ccc(N4CCN(CC5=C(c6ccc(Cl)cc6)CC(C)(C)CC5)CC4)cc3Oc3cccc4[nH]cnc34)cc2[N+](=O)[O-])CC1. The lowest BCUT2D eigenvalue weighted by molar-refractivity contribution is -0.384. The number of nitro groups is 1. The zero-order valence-electron chi connectivity index (χ0n) is 34.2. The second-order valence-corrected chi connectivity index (χ2v) is 18.5. The average Bonchev–Trinajstić information content (AvgIpc) is 3.73. The summed E-state index contributed by atoms with van der Waals surface area (Å²) in [5, 5.41) is 16.2. The first-order valence-corrected chi connectivity index (χ1v) is 22.1. The van der Waals surface area contributed by atoms with Crippen molar-refractivity contribution in [1.82, 2.24) is 24.5 Å². The summed E-state index contributed by atoms with van der Waals surface area (Å²) < 4.78 is 22.7. The summed E-state index contributed by atoms with van der Waals surface area (Å²) in [6, 6.07) is 23.6. The molecule has 0 spiro atoms. The van der Waals surface area contributed by atoms with Crippen molar-refractivity contribution in [2.24, 2.45) is 5.41 Å². The van der Waals surface area contributed by atoms with E-state index in [0.29, 0.717) is 17.0 Å². The van der Waals surface area contributed by atoms with Crippen LogP contribution in [0.1, 0.15) is 61.9 Å². The lowest BCUT2D eigenvalue weighted by Gasteiger charge is -2.39. The largest absolute Gasteiger partial charge is 0.454 e. The Labute approximate surface area is 357 Å². The van der Waals surface area contributed by atoms with Crippen LogP contribution in [0.5, 0.6) is 11.5 Å². The normalized spacial score (nSPS) is 18.4. The number of anilines is 2. The number of benzene rings is 4. The number of hydrogen-bond acceptors (Lipinski definition) is 10. The van der Waals surface area contributed by atoms with Crippen molar-refractivity contribution in [2.75, 3.05) is 63.1 Å². The van der Waals surface area contributed by atoms with Gasteiger partial charge in [0.25, 0.3) is 11.6 Å². The van der Waals surface area contributed by atoms with Crippen molar-refractivity contribution in [3.63, 3.8) is 0 Å². The zero-order chi connectivity index (χ0) is 42.0. The molecule has 3 N–H and O–H groups in total. The number of para-hydroxylation sites is 1. The molecule has 13 nitrogen and oxygen atoms in total. The molecule has 314 valence electrons. The number of amides is 1. The van der Waals surface area contributed by atoms with E-state index in [2.05, 4.69) is 67.7 Å². The predicted octanol–water partition coefficient (Wildman–Crippen LogP) is 8.66. The van der Waals surface area contributed by atoms with E-state index in [1.54, 1.807) is 30.6 Å². The van der Waals surface area contributed by atoms with Crippen LogP contribution in [0, 0.1) is 15.5 Å². The molecule has 5 aromatic rings. The Morgan fingerprint density at radius 2 is 1.77 bits per heavy atom. The maximum absolute atomic E-state index is 13.9. The monoisotopic (exact) mass is 850 g/mol. The molecule has 1 unspecified atom stereocenters. The number of nitrogens with zero attached hydrogens (tertiary/aromatic N) is 5. The lowest BCUT2D eigenvalue weighted by Crippen LogP contribution is -2.47. The van der Waals surface area contributed by atoms with Gasteiger partial charge >= 0.3 is 0 Å². The summed E-state index contributed by atoms with van der Waals surface area (Å²) in [4.78, 5) is 40.3. The van der Waals surface area contributed by atoms with Gasteiger partial charge in [-0.05, 0) is 117 Å². The quantitative estimate of drug-likeness (QED) is 0.0823. The van der Waals surface area contributed by atoms with Gasteiger partial charge in [0.15, 0.2) is 16.7 Å². The number of rotatable bonds is 12. The molecule has 1 amide bonds. The fourth-order valence-corrected chi connectivity index (χ4v) is 9.42. The molecule has 60 heavy (non-hydrogen) atoms. The van der Waals surface area contributed by atoms with Gasteiger partial charge in [-0.3, -0.25) is 24.5 Å². The molecule has 0 bridgehead atoms. The third kappa shape index (κ3) is 9.52. The Morgan fingerprint density at radius 1 is 1.00 bits per heavy atom. The summed E-state index contributed by atoms with van der Waals surface area (Å²) >= 11 is 6.25. The van der Waals surface area contributed by atoms with Crippen LogP contribution in [0.4, 0.5) is 17.1 Å². The Balaban J connectivity index is 0.998. The van der Waals surface area contributed by atoms with Gasteiger partial charge in [-0.1, -0.05) is 49.2 Å². The molecule has 1 aliphatic carbocycles. The van der Waals surface area contributed by atoms with E-state index < -0.39 is 21.8 Å². The van der Waals surface area contributed by atoms with Gasteiger partial charge in [0, 0.05) is 61.6 Å². The van der Waals surface area contributed by atoms with Crippen LogP contribution in [0.2, 0.25) is 5.02 Å². The number of piperazine rings is 1. The number of fused-ring (bicyclic) bond motifs is 1. The van der Waals surface area contributed by atoms with Crippen molar-refractivity contribution in [1.29, 1.82) is 0 Å². The van der Waals surface area contributed by atoms with Crippen LogP contribution in [-0.4, -0.2) is 93.7 Å². The maximum Gasteiger partial charge on any atom is 0.293 e. The van der Waals surface area contributed by atoms with Crippen molar-refractivity contribution in [3.05, 3.63) is 117 Å². The van der Waals surface area contributed by atoms with Gasteiger partial charge in [-0.15, -0.1) is 0 Å². The molecule has 1 aromatic heterocycles. The van der Waals surface area contributed by atoms with Crippen LogP contribution in [0.25, 0.3) is 16.6 Å². The van der Waals surface area contributed by atoms with Crippen LogP contribution >= 0.6 is 11.6 Å². The fourth-order valence-electron chi connectivity index (χ4n) is 8.49. The lowest BCUT2D eigenvalue weighted by atomic mass is 9.72. The molecule has 0 radical (unpaired) electrons. The molecule has 0 saturated carbocycles. The van der Waals surface area contributed by atoms with Gasteiger partial charge in [0.05, 0.1) is 27.2 Å². The van der Waals surface area contributed by atoms with Gasteiger partial charge in [0.1, 0.15) is 17.0 Å². The van der Waals surface area contributed by atoms with Crippen molar-refractivity contribution < 1.29 is 18.7 Å². The Bertz CT molecular complexity index is 2440. The second-order valence-electron chi connectivity index (χ2n) is 16.9. The first-order chi connectivity index (χ1) is 28.9. The molecule has 3 aliphatic rings. The number of carbonyl (C=O) groups excluding carboxylic acids is 1. The number of hydrogen-bond donors (Lipinski definition) is 3. The summed E-state index contributed by atoms with van der Waals surface area (Å²) in [5.41, 5.74) is 7.02. The summed E-state index contributed by atoms with van der Waals surface area (Å²) in [6.07, 6.45) is 6.56. The molecule has 3 heterocycles. The van der Waals surface area contributed by atoms with Crippen molar-refractivity contribution in [3.8, 4) is 11.5 Å². The molecule has 2 fully saturated rings. The number of nitrogens with one attached hydrogen (secondary N) is 3. The van der Waals surface area contributed by atoms with Crippen LogP contribution in [0.3, 0.4) is 0 Å². The van der Waals surface area contributed by atoms with Crippen LogP contribution in [-0.2, 0) is 11.0 Å². The van der Waals surface area contributed by atoms with Crippen LogP contribution in [0.15, 0.2) is 95.7 Å². The molecule has 15 heteroatoms. The van der Waals surface area contributed by atoms with Gasteiger partial charge in [0.2, 0.25) is 0 Å². The van der Waals surface area contributed by atoms with E-state index in [0.717, 1.165) is 94.1 Å². The van der Waals surface area contributed by atoms with E-state index in [-0.39, 0.29) is 33.4 Å². The number of allylic oxidation sites excluding steroid dienone is 1. The van der Waals surface area contributed by atoms with E-state index in [4.69, 9.17) is 16.3 Å². The maximum atomic E-state index is 13.9. The Kier molecular flexibility index (Phi) is 12.3. The Hall–Kier alpha value is -5.28. The summed E-state index contributed by atoms with van der Waals surface area (Å²) in [6.45, 7) is 10.7. The minimum atomic E-state index is -2.11. The van der Waals surface area contributed by atoms with Crippen molar-refractivity contribution >= 4 is 62.2 Å². The number of aromatic amines is 1. The topological polar surface area (TPSA) is 149 Å². The minimum Gasteiger partial charge on any atom is -0.454 e. The first-order valence-electron chi connectivity index (χ1n) is 20.5. The van der Waals surface area contributed by atoms with E-state index in [9.17, 15) is 19.1 Å². The highest BCUT2D eigenvalue weighted by atomic mass is 35.5. The number of likely N-dealkylation sites (tertiary alicyclic amines) is 1. The molecular weight excluding hydrogens is 800 g/mol. The smallest absolute Gasteiger partial charge is 0.293 e. The number of nitro benzene ring substituents is 1. The summed E-state index contributed by atoms with van der Waals surface area (Å²) in [5.74, 6) is 0.0753. The number of piperidine rings is 1. The number of carbonyl (C=O) groups is 1. The molecule has 1 atom stereocenters. The molecule has 2 aliphatic heterocycles. The molecular formula is C45H51ClN8O5S. The van der Waals surface area contributed by atoms with E-state index >= 15 is 0 Å².